The average molecular weight is 360 g/mol. The number of sulfonamides is 1. The van der Waals surface area contributed by atoms with Crippen LogP contribution in [0.2, 0.25) is 0 Å². The molecule has 2 aliphatic rings. The molecule has 0 bridgehead atoms. The summed E-state index contributed by atoms with van der Waals surface area (Å²) in [7, 11) is -3.56. The van der Waals surface area contributed by atoms with Gasteiger partial charge in [0.2, 0.25) is 10.0 Å². The minimum absolute atomic E-state index is 0.00377. The zero-order valence-electron chi connectivity index (χ0n) is 14.4. The zero-order valence-corrected chi connectivity index (χ0v) is 15.3. The maximum atomic E-state index is 13.0. The van der Waals surface area contributed by atoms with Crippen LogP contribution >= 0.6 is 0 Å². The Morgan fingerprint density at radius 2 is 1.88 bits per heavy atom. The van der Waals surface area contributed by atoms with Gasteiger partial charge in [-0.2, -0.15) is 0 Å². The quantitative estimate of drug-likeness (QED) is 0.861. The van der Waals surface area contributed by atoms with Gasteiger partial charge in [-0.15, -0.1) is 0 Å². The van der Waals surface area contributed by atoms with Crippen LogP contribution in [0.4, 0.5) is 0 Å². The number of hydrogen-bond donors (Lipinski definition) is 1. The van der Waals surface area contributed by atoms with E-state index in [2.05, 4.69) is 9.62 Å². The van der Waals surface area contributed by atoms with Crippen molar-refractivity contribution in [1.29, 1.82) is 0 Å². The van der Waals surface area contributed by atoms with Gasteiger partial charge in [-0.05, 0) is 38.3 Å². The van der Waals surface area contributed by atoms with E-state index in [1.807, 2.05) is 31.2 Å². The number of likely N-dealkylation sites (tertiary alicyclic amines) is 1. The van der Waals surface area contributed by atoms with Crippen molar-refractivity contribution in [3.63, 3.8) is 0 Å². The highest BCUT2D eigenvalue weighted by Gasteiger charge is 2.36. The molecule has 0 amide bonds. The molecule has 1 atom stereocenters. The molecule has 0 aromatic heterocycles. The predicted octanol–water partition coefficient (Wildman–Crippen LogP) is 2.75. The van der Waals surface area contributed by atoms with E-state index >= 15 is 0 Å². The average Bonchev–Trinajstić information content (AvgIpc) is 3.35. The summed E-state index contributed by atoms with van der Waals surface area (Å²) < 4.78 is 34.5. The molecule has 2 aromatic carbocycles. The maximum absolute atomic E-state index is 13.0. The van der Waals surface area contributed by atoms with E-state index in [0.717, 1.165) is 30.6 Å². The van der Waals surface area contributed by atoms with E-state index in [-0.39, 0.29) is 6.04 Å². The Hall–Kier alpha value is -1.63. The van der Waals surface area contributed by atoms with Crippen molar-refractivity contribution >= 4 is 20.8 Å². The molecular weight excluding hydrogens is 336 g/mol. The van der Waals surface area contributed by atoms with Gasteiger partial charge >= 0.3 is 0 Å². The fourth-order valence-corrected chi connectivity index (χ4v) is 5.17. The molecule has 1 heterocycles. The van der Waals surface area contributed by atoms with Gasteiger partial charge in [-0.1, -0.05) is 24.3 Å². The summed E-state index contributed by atoms with van der Waals surface area (Å²) in [5.74, 6) is 0.720. The van der Waals surface area contributed by atoms with Crippen molar-refractivity contribution in [3.8, 4) is 5.75 Å². The number of hydrogen-bond acceptors (Lipinski definition) is 4. The largest absolute Gasteiger partial charge is 0.493 e. The summed E-state index contributed by atoms with van der Waals surface area (Å²) in [5.41, 5.74) is 0. The second-order valence-corrected chi connectivity index (χ2v) is 8.56. The fourth-order valence-electron chi connectivity index (χ4n) is 3.70. The first-order chi connectivity index (χ1) is 12.1. The lowest BCUT2D eigenvalue weighted by atomic mass is 10.1. The van der Waals surface area contributed by atoms with E-state index in [4.69, 9.17) is 4.74 Å². The summed E-state index contributed by atoms with van der Waals surface area (Å²) in [5, 5.41) is 1.54. The van der Waals surface area contributed by atoms with Gasteiger partial charge < -0.3 is 4.74 Å². The van der Waals surface area contributed by atoms with E-state index in [0.29, 0.717) is 22.9 Å². The van der Waals surface area contributed by atoms with Gasteiger partial charge in [0.25, 0.3) is 0 Å². The lowest BCUT2D eigenvalue weighted by Crippen LogP contribution is -2.37. The minimum Gasteiger partial charge on any atom is -0.493 e. The Morgan fingerprint density at radius 1 is 1.12 bits per heavy atom. The molecule has 2 aromatic rings. The minimum atomic E-state index is -3.56. The van der Waals surface area contributed by atoms with Crippen LogP contribution < -0.4 is 9.46 Å². The highest BCUT2D eigenvalue weighted by Crippen LogP contribution is 2.32. The fraction of sp³-hybridized carbons (Fsp3) is 0.474. The zero-order chi connectivity index (χ0) is 17.4. The van der Waals surface area contributed by atoms with E-state index in [1.165, 1.54) is 12.8 Å². The van der Waals surface area contributed by atoms with Crippen LogP contribution in [0.3, 0.4) is 0 Å². The number of nitrogens with one attached hydrogen (secondary N) is 1. The molecule has 2 fully saturated rings. The monoisotopic (exact) mass is 360 g/mol. The first kappa shape index (κ1) is 16.8. The van der Waals surface area contributed by atoms with Crippen molar-refractivity contribution in [3.05, 3.63) is 36.4 Å². The highest BCUT2D eigenvalue weighted by atomic mass is 32.2. The lowest BCUT2D eigenvalue weighted by molar-refractivity contribution is 0.322. The predicted molar refractivity (Wildman–Crippen MR) is 98.4 cm³/mol. The molecule has 134 valence electrons. The number of fused-ring (bicyclic) bond motifs is 1. The van der Waals surface area contributed by atoms with Crippen LogP contribution in [0.15, 0.2) is 41.3 Å². The number of benzene rings is 2. The topological polar surface area (TPSA) is 58.6 Å². The van der Waals surface area contributed by atoms with Gasteiger partial charge in [0.05, 0.1) is 11.5 Å². The van der Waals surface area contributed by atoms with E-state index in [9.17, 15) is 8.42 Å². The Bertz CT molecular complexity index is 877. The van der Waals surface area contributed by atoms with Crippen LogP contribution in [-0.4, -0.2) is 45.1 Å². The standard InChI is InChI=1S/C19H24N2O3S/c1-2-24-18-9-10-19(17-6-4-3-5-16(17)18)25(22,23)20-14-11-12-21(13-14)15-7-8-15/h3-6,9-10,14-15,20H,2,7-8,11-13H2,1H3/t14-/m0/s1. The van der Waals surface area contributed by atoms with Crippen LogP contribution in [0.5, 0.6) is 5.75 Å². The second kappa shape index (κ2) is 6.59. The molecule has 0 unspecified atom stereocenters. The van der Waals surface area contributed by atoms with Gasteiger partial charge in [0.15, 0.2) is 0 Å². The molecule has 1 saturated carbocycles. The molecule has 1 aliphatic carbocycles. The lowest BCUT2D eigenvalue weighted by Gasteiger charge is -2.17. The Labute approximate surface area is 149 Å². The number of rotatable bonds is 6. The molecule has 1 N–H and O–H groups in total. The van der Waals surface area contributed by atoms with Gasteiger partial charge in [0, 0.05) is 35.9 Å². The maximum Gasteiger partial charge on any atom is 0.241 e. The molecule has 5 nitrogen and oxygen atoms in total. The summed E-state index contributed by atoms with van der Waals surface area (Å²) in [6.07, 6.45) is 3.39. The summed E-state index contributed by atoms with van der Waals surface area (Å²) in [6, 6.07) is 11.6. The number of nitrogens with zero attached hydrogens (tertiary/aromatic N) is 1. The Kier molecular flexibility index (Phi) is 4.43. The molecule has 6 heteroatoms. The third-order valence-electron chi connectivity index (χ3n) is 5.04. The van der Waals surface area contributed by atoms with Crippen LogP contribution in [0.1, 0.15) is 26.2 Å². The summed E-state index contributed by atoms with van der Waals surface area (Å²) >= 11 is 0. The van der Waals surface area contributed by atoms with Gasteiger partial charge in [-0.25, -0.2) is 13.1 Å². The molecule has 1 saturated heterocycles. The molecular formula is C19H24N2O3S. The van der Waals surface area contributed by atoms with Gasteiger partial charge in [0.1, 0.15) is 5.75 Å². The molecule has 4 rings (SSSR count). The van der Waals surface area contributed by atoms with Crippen molar-refractivity contribution in [2.45, 2.75) is 43.2 Å². The third kappa shape index (κ3) is 3.38. The normalized spacial score (nSPS) is 21.7. The van der Waals surface area contributed by atoms with Crippen molar-refractivity contribution in [2.24, 2.45) is 0 Å². The summed E-state index contributed by atoms with van der Waals surface area (Å²) in [4.78, 5) is 2.74. The van der Waals surface area contributed by atoms with E-state index < -0.39 is 10.0 Å². The molecule has 1 aliphatic heterocycles. The first-order valence-electron chi connectivity index (χ1n) is 8.99. The van der Waals surface area contributed by atoms with E-state index in [1.54, 1.807) is 12.1 Å². The third-order valence-corrected chi connectivity index (χ3v) is 6.62. The SMILES string of the molecule is CCOc1ccc(S(=O)(=O)N[C@H]2CCN(C3CC3)C2)c2ccccc12. The van der Waals surface area contributed by atoms with Crippen LogP contribution in [-0.2, 0) is 10.0 Å². The number of ether oxygens (including phenoxy) is 1. The molecule has 25 heavy (non-hydrogen) atoms. The second-order valence-electron chi connectivity index (χ2n) is 6.87. The van der Waals surface area contributed by atoms with Crippen molar-refractivity contribution in [2.75, 3.05) is 19.7 Å². The molecule has 0 radical (unpaired) electrons. The molecule has 0 spiro atoms. The highest BCUT2D eigenvalue weighted by molar-refractivity contribution is 7.89. The first-order valence-corrected chi connectivity index (χ1v) is 10.5. The van der Waals surface area contributed by atoms with Crippen molar-refractivity contribution in [1.82, 2.24) is 9.62 Å². The van der Waals surface area contributed by atoms with Crippen LogP contribution in [0, 0.1) is 0 Å². The van der Waals surface area contributed by atoms with Gasteiger partial charge in [-0.3, -0.25) is 4.90 Å². The summed E-state index contributed by atoms with van der Waals surface area (Å²) in [6.45, 7) is 4.28. The Morgan fingerprint density at radius 3 is 2.60 bits per heavy atom. The Balaban J connectivity index is 1.62. The van der Waals surface area contributed by atoms with Crippen molar-refractivity contribution < 1.29 is 13.2 Å². The smallest absolute Gasteiger partial charge is 0.241 e. The van der Waals surface area contributed by atoms with Crippen LogP contribution in [0.25, 0.3) is 10.8 Å².